The second-order valence-corrected chi connectivity index (χ2v) is 3.84. The Morgan fingerprint density at radius 1 is 1.28 bits per heavy atom. The van der Waals surface area contributed by atoms with Gasteiger partial charge in [0.05, 0.1) is 5.56 Å². The molecule has 6 heteroatoms. The first-order valence-corrected chi connectivity index (χ1v) is 4.97. The summed E-state index contributed by atoms with van der Waals surface area (Å²) in [6.07, 6.45) is -2.29. The van der Waals surface area contributed by atoms with Crippen molar-refractivity contribution < 1.29 is 22.4 Å². The van der Waals surface area contributed by atoms with Crippen LogP contribution in [0.2, 0.25) is 0 Å². The third kappa shape index (κ3) is 3.58. The van der Waals surface area contributed by atoms with Crippen LogP contribution in [-0.2, 0) is 6.18 Å². The van der Waals surface area contributed by atoms with Crippen LogP contribution in [0.4, 0.5) is 17.6 Å². The highest BCUT2D eigenvalue weighted by Gasteiger charge is 2.34. The maximum absolute atomic E-state index is 13.0. The SMILES string of the molecule is CN(C)C=CC(=O)c1ccc(F)c(C(F)(F)F)c1. The van der Waals surface area contributed by atoms with E-state index in [-0.39, 0.29) is 5.56 Å². The monoisotopic (exact) mass is 261 g/mol. The smallest absolute Gasteiger partial charge is 0.383 e. The summed E-state index contributed by atoms with van der Waals surface area (Å²) < 4.78 is 50.3. The molecule has 1 aromatic rings. The number of alkyl halides is 3. The lowest BCUT2D eigenvalue weighted by Crippen LogP contribution is -2.10. The Morgan fingerprint density at radius 2 is 1.89 bits per heavy atom. The van der Waals surface area contributed by atoms with E-state index in [0.29, 0.717) is 12.1 Å². The van der Waals surface area contributed by atoms with Crippen molar-refractivity contribution in [2.45, 2.75) is 6.18 Å². The minimum Gasteiger partial charge on any atom is -0.383 e. The Kier molecular flexibility index (Phi) is 4.11. The number of halogens is 4. The van der Waals surface area contributed by atoms with Gasteiger partial charge >= 0.3 is 6.18 Å². The number of hydrogen-bond acceptors (Lipinski definition) is 2. The quantitative estimate of drug-likeness (QED) is 0.473. The fourth-order valence-electron chi connectivity index (χ4n) is 1.21. The largest absolute Gasteiger partial charge is 0.419 e. The predicted octanol–water partition coefficient (Wildman–Crippen LogP) is 3.10. The number of benzene rings is 1. The molecule has 18 heavy (non-hydrogen) atoms. The first kappa shape index (κ1) is 14.2. The molecule has 0 aliphatic rings. The number of ketones is 1. The van der Waals surface area contributed by atoms with Crippen LogP contribution in [0, 0.1) is 5.82 Å². The standard InChI is InChI=1S/C12H11F4NO/c1-17(2)6-5-11(18)8-3-4-10(13)9(7-8)12(14,15)16/h3-7H,1-2H3. The van der Waals surface area contributed by atoms with Gasteiger partial charge in [-0.25, -0.2) is 4.39 Å². The maximum Gasteiger partial charge on any atom is 0.419 e. The topological polar surface area (TPSA) is 20.3 Å². The van der Waals surface area contributed by atoms with Gasteiger partial charge in [0.1, 0.15) is 5.82 Å². The van der Waals surface area contributed by atoms with Gasteiger partial charge in [0.2, 0.25) is 0 Å². The van der Waals surface area contributed by atoms with Gasteiger partial charge in [0, 0.05) is 31.9 Å². The highest BCUT2D eigenvalue weighted by atomic mass is 19.4. The van der Waals surface area contributed by atoms with Crippen LogP contribution in [0.1, 0.15) is 15.9 Å². The van der Waals surface area contributed by atoms with Crippen molar-refractivity contribution in [2.24, 2.45) is 0 Å². The van der Waals surface area contributed by atoms with E-state index < -0.39 is 23.3 Å². The van der Waals surface area contributed by atoms with Gasteiger partial charge < -0.3 is 4.90 Å². The molecule has 0 aliphatic carbocycles. The molecule has 0 spiro atoms. The Balaban J connectivity index is 3.10. The average molecular weight is 261 g/mol. The fraction of sp³-hybridized carbons (Fsp3) is 0.250. The molecule has 0 unspecified atom stereocenters. The van der Waals surface area contributed by atoms with Gasteiger partial charge in [-0.15, -0.1) is 0 Å². The Morgan fingerprint density at radius 3 is 2.39 bits per heavy atom. The molecule has 0 radical (unpaired) electrons. The van der Waals surface area contributed by atoms with E-state index in [1.54, 1.807) is 19.0 Å². The molecule has 1 aromatic carbocycles. The first-order valence-electron chi connectivity index (χ1n) is 4.97. The Hall–Kier alpha value is -1.85. The summed E-state index contributed by atoms with van der Waals surface area (Å²) >= 11 is 0. The minimum atomic E-state index is -4.81. The first-order chi connectivity index (χ1) is 8.21. The molecule has 0 heterocycles. The number of allylic oxidation sites excluding steroid dienone is 1. The minimum absolute atomic E-state index is 0.207. The second-order valence-electron chi connectivity index (χ2n) is 3.84. The van der Waals surface area contributed by atoms with Crippen molar-refractivity contribution in [1.29, 1.82) is 0 Å². The molecule has 0 saturated carbocycles. The highest BCUT2D eigenvalue weighted by Crippen LogP contribution is 2.31. The number of hydrogen-bond donors (Lipinski definition) is 0. The summed E-state index contributed by atoms with van der Waals surface area (Å²) in [7, 11) is 3.32. The molecule has 2 nitrogen and oxygen atoms in total. The Labute approximate surface area is 102 Å². The van der Waals surface area contributed by atoms with E-state index in [1.165, 1.54) is 6.20 Å². The van der Waals surface area contributed by atoms with Crippen molar-refractivity contribution in [3.8, 4) is 0 Å². The molecule has 98 valence electrons. The highest BCUT2D eigenvalue weighted by molar-refractivity contribution is 6.04. The molecule has 0 amide bonds. The predicted molar refractivity (Wildman–Crippen MR) is 58.6 cm³/mol. The second kappa shape index (κ2) is 5.20. The van der Waals surface area contributed by atoms with Crippen molar-refractivity contribution in [3.05, 3.63) is 47.4 Å². The van der Waals surface area contributed by atoms with E-state index in [0.717, 1.165) is 12.1 Å². The molecular weight excluding hydrogens is 250 g/mol. The van der Waals surface area contributed by atoms with Crippen molar-refractivity contribution >= 4 is 5.78 Å². The molecule has 0 fully saturated rings. The summed E-state index contributed by atoms with van der Waals surface area (Å²) in [5.74, 6) is -2.01. The molecule has 1 rings (SSSR count). The van der Waals surface area contributed by atoms with Crippen molar-refractivity contribution in [2.75, 3.05) is 14.1 Å². The van der Waals surface area contributed by atoms with Gasteiger partial charge in [-0.1, -0.05) is 0 Å². The van der Waals surface area contributed by atoms with E-state index >= 15 is 0 Å². The van der Waals surface area contributed by atoms with E-state index in [1.807, 2.05) is 0 Å². The number of rotatable bonds is 3. The Bertz CT molecular complexity index is 477. The van der Waals surface area contributed by atoms with Crippen molar-refractivity contribution in [1.82, 2.24) is 4.90 Å². The molecule has 0 aromatic heterocycles. The van der Waals surface area contributed by atoms with Crippen LogP contribution in [0.15, 0.2) is 30.5 Å². The van der Waals surface area contributed by atoms with Crippen LogP contribution in [0.25, 0.3) is 0 Å². The zero-order valence-electron chi connectivity index (χ0n) is 9.75. The molecule has 0 saturated heterocycles. The zero-order chi connectivity index (χ0) is 13.9. The van der Waals surface area contributed by atoms with E-state index in [2.05, 4.69) is 0 Å². The van der Waals surface area contributed by atoms with Gasteiger partial charge in [-0.3, -0.25) is 4.79 Å². The van der Waals surface area contributed by atoms with Crippen molar-refractivity contribution in [3.63, 3.8) is 0 Å². The number of carbonyl (C=O) groups is 1. The third-order valence-corrected chi connectivity index (χ3v) is 2.08. The normalized spacial score (nSPS) is 11.9. The lowest BCUT2D eigenvalue weighted by atomic mass is 10.1. The van der Waals surface area contributed by atoms with Gasteiger partial charge in [-0.2, -0.15) is 13.2 Å². The van der Waals surface area contributed by atoms with Crippen LogP contribution in [-0.4, -0.2) is 24.8 Å². The molecule has 0 N–H and O–H groups in total. The number of nitrogens with zero attached hydrogens (tertiary/aromatic N) is 1. The summed E-state index contributed by atoms with van der Waals surface area (Å²) in [6.45, 7) is 0. The third-order valence-electron chi connectivity index (χ3n) is 2.08. The van der Waals surface area contributed by atoms with Crippen LogP contribution in [0.5, 0.6) is 0 Å². The lowest BCUT2D eigenvalue weighted by molar-refractivity contribution is -0.140. The maximum atomic E-state index is 13.0. The zero-order valence-corrected chi connectivity index (χ0v) is 9.75. The van der Waals surface area contributed by atoms with E-state index in [9.17, 15) is 22.4 Å². The molecule has 0 atom stereocenters. The molecule has 0 aliphatic heterocycles. The average Bonchev–Trinajstić information content (AvgIpc) is 2.24. The fourth-order valence-corrected chi connectivity index (χ4v) is 1.21. The van der Waals surface area contributed by atoms with E-state index in [4.69, 9.17) is 0 Å². The van der Waals surface area contributed by atoms with Gasteiger partial charge in [0.15, 0.2) is 5.78 Å². The van der Waals surface area contributed by atoms with Crippen LogP contribution < -0.4 is 0 Å². The molecule has 0 bridgehead atoms. The summed E-state index contributed by atoms with van der Waals surface area (Å²) in [4.78, 5) is 13.1. The summed E-state index contributed by atoms with van der Waals surface area (Å²) in [6, 6.07) is 2.17. The summed E-state index contributed by atoms with van der Waals surface area (Å²) in [5.41, 5.74) is -1.64. The summed E-state index contributed by atoms with van der Waals surface area (Å²) in [5, 5.41) is 0. The van der Waals surface area contributed by atoms with Gasteiger partial charge in [0.25, 0.3) is 0 Å². The van der Waals surface area contributed by atoms with Crippen LogP contribution >= 0.6 is 0 Å². The lowest BCUT2D eigenvalue weighted by Gasteiger charge is -2.09. The van der Waals surface area contributed by atoms with Crippen LogP contribution in [0.3, 0.4) is 0 Å². The number of carbonyl (C=O) groups excluding carboxylic acids is 1. The molecular formula is C12H11F4NO. The van der Waals surface area contributed by atoms with Gasteiger partial charge in [-0.05, 0) is 18.2 Å².